The Labute approximate surface area is 128 Å². The lowest BCUT2D eigenvalue weighted by atomic mass is 10.1. The molecule has 1 fully saturated rings. The molecule has 0 radical (unpaired) electrons. The first kappa shape index (κ1) is 16.0. The smallest absolute Gasteiger partial charge is 0.223 e. The predicted molar refractivity (Wildman–Crippen MR) is 86.1 cm³/mol. The number of benzene rings is 1. The zero-order chi connectivity index (χ0) is 15.2. The van der Waals surface area contributed by atoms with Crippen LogP contribution in [0.4, 0.5) is 0 Å². The van der Waals surface area contributed by atoms with Gasteiger partial charge in [-0.3, -0.25) is 14.6 Å². The molecule has 1 heterocycles. The summed E-state index contributed by atoms with van der Waals surface area (Å²) in [6, 6.07) is 11.1. The second kappa shape index (κ2) is 7.57. The highest BCUT2D eigenvalue weighted by atomic mass is 16.2. The molecule has 4 heteroatoms. The van der Waals surface area contributed by atoms with E-state index < -0.39 is 0 Å². The van der Waals surface area contributed by atoms with E-state index >= 15 is 0 Å². The summed E-state index contributed by atoms with van der Waals surface area (Å²) in [5.41, 5.74) is 1.38. The van der Waals surface area contributed by atoms with Gasteiger partial charge in [-0.2, -0.15) is 0 Å². The van der Waals surface area contributed by atoms with Crippen LogP contribution in [0, 0.1) is 0 Å². The van der Waals surface area contributed by atoms with Crippen molar-refractivity contribution in [1.82, 2.24) is 14.7 Å². The van der Waals surface area contributed by atoms with Gasteiger partial charge in [0, 0.05) is 59.3 Å². The molecule has 116 valence electrons. The molecule has 4 nitrogen and oxygen atoms in total. The van der Waals surface area contributed by atoms with Crippen molar-refractivity contribution in [2.24, 2.45) is 0 Å². The van der Waals surface area contributed by atoms with E-state index in [0.29, 0.717) is 12.5 Å². The second-order valence-electron chi connectivity index (χ2n) is 6.14. The maximum absolute atomic E-state index is 11.7. The van der Waals surface area contributed by atoms with Crippen LogP contribution in [0.25, 0.3) is 0 Å². The van der Waals surface area contributed by atoms with Gasteiger partial charge in [0.2, 0.25) is 5.91 Å². The average Bonchev–Trinajstić information content (AvgIpc) is 2.47. The fraction of sp³-hybridized carbons (Fsp3) is 0.588. The quantitative estimate of drug-likeness (QED) is 0.825. The van der Waals surface area contributed by atoms with Crippen LogP contribution in [-0.2, 0) is 11.3 Å². The van der Waals surface area contributed by atoms with E-state index in [1.54, 1.807) is 4.90 Å². The molecule has 0 spiro atoms. The minimum absolute atomic E-state index is 0.217. The topological polar surface area (TPSA) is 26.8 Å². The molecule has 0 unspecified atom stereocenters. The van der Waals surface area contributed by atoms with Crippen molar-refractivity contribution in [2.75, 3.05) is 40.3 Å². The lowest BCUT2D eigenvalue weighted by Crippen LogP contribution is -2.52. The van der Waals surface area contributed by atoms with Gasteiger partial charge in [-0.1, -0.05) is 30.3 Å². The van der Waals surface area contributed by atoms with Crippen molar-refractivity contribution in [3.8, 4) is 0 Å². The number of carbonyl (C=O) groups excluding carboxylic acids is 1. The molecule has 0 saturated carbocycles. The highest BCUT2D eigenvalue weighted by Gasteiger charge is 2.23. The summed E-state index contributed by atoms with van der Waals surface area (Å²) in [6.07, 6.45) is 0.621. The molecule has 0 bridgehead atoms. The summed E-state index contributed by atoms with van der Waals surface area (Å²) in [5, 5.41) is 0. The fourth-order valence-electron chi connectivity index (χ4n) is 2.85. The third kappa shape index (κ3) is 4.83. The normalized spacial score (nSPS) is 20.4. The molecule has 2 rings (SSSR count). The van der Waals surface area contributed by atoms with Crippen LogP contribution in [0.5, 0.6) is 0 Å². The summed E-state index contributed by atoms with van der Waals surface area (Å²) in [4.78, 5) is 18.3. The number of carbonyl (C=O) groups is 1. The second-order valence-corrected chi connectivity index (χ2v) is 6.14. The molecule has 21 heavy (non-hydrogen) atoms. The Morgan fingerprint density at radius 1 is 1.24 bits per heavy atom. The molecule has 1 aromatic rings. The first-order chi connectivity index (χ1) is 10.1. The Morgan fingerprint density at radius 3 is 2.57 bits per heavy atom. The minimum atomic E-state index is 0.217. The van der Waals surface area contributed by atoms with Crippen LogP contribution >= 0.6 is 0 Å². The van der Waals surface area contributed by atoms with Crippen LogP contribution in [0.3, 0.4) is 0 Å². The van der Waals surface area contributed by atoms with Gasteiger partial charge >= 0.3 is 0 Å². The van der Waals surface area contributed by atoms with Crippen molar-refractivity contribution >= 4 is 5.91 Å². The maximum Gasteiger partial charge on any atom is 0.223 e. The van der Waals surface area contributed by atoms with E-state index in [2.05, 4.69) is 47.1 Å². The molecule has 0 aliphatic carbocycles. The fourth-order valence-corrected chi connectivity index (χ4v) is 2.85. The van der Waals surface area contributed by atoms with Gasteiger partial charge in [0.25, 0.3) is 0 Å². The largest absolute Gasteiger partial charge is 0.349 e. The standard InChI is InChI=1S/C17H27N3O/c1-15-13-19(14-16-7-5-4-6-8-16)11-12-20(15)10-9-17(21)18(2)3/h4-8,15H,9-14H2,1-3H3/t15-/m1/s1. The molecule has 1 amide bonds. The maximum atomic E-state index is 11.7. The van der Waals surface area contributed by atoms with Crippen molar-refractivity contribution in [3.05, 3.63) is 35.9 Å². The van der Waals surface area contributed by atoms with Gasteiger partial charge in [-0.05, 0) is 12.5 Å². The molecule has 0 N–H and O–H groups in total. The average molecular weight is 289 g/mol. The molecular formula is C17H27N3O. The molecular weight excluding hydrogens is 262 g/mol. The van der Waals surface area contributed by atoms with E-state index in [4.69, 9.17) is 0 Å². The first-order valence-electron chi connectivity index (χ1n) is 7.76. The summed E-state index contributed by atoms with van der Waals surface area (Å²) < 4.78 is 0. The molecule has 1 saturated heterocycles. The summed E-state index contributed by atoms with van der Waals surface area (Å²) >= 11 is 0. The van der Waals surface area contributed by atoms with E-state index in [-0.39, 0.29) is 5.91 Å². The molecule has 1 aliphatic heterocycles. The number of rotatable bonds is 5. The Bertz CT molecular complexity index is 447. The monoisotopic (exact) mass is 289 g/mol. The predicted octanol–water partition coefficient (Wildman–Crippen LogP) is 1.67. The van der Waals surface area contributed by atoms with Gasteiger partial charge in [-0.15, -0.1) is 0 Å². The highest BCUT2D eigenvalue weighted by Crippen LogP contribution is 2.13. The third-order valence-electron chi connectivity index (χ3n) is 4.21. The van der Waals surface area contributed by atoms with Crippen LogP contribution in [0.1, 0.15) is 18.9 Å². The van der Waals surface area contributed by atoms with Crippen LogP contribution in [0.2, 0.25) is 0 Å². The van der Waals surface area contributed by atoms with Crippen molar-refractivity contribution in [1.29, 1.82) is 0 Å². The number of hydrogen-bond acceptors (Lipinski definition) is 3. The van der Waals surface area contributed by atoms with E-state index in [1.807, 2.05) is 14.1 Å². The van der Waals surface area contributed by atoms with Gasteiger partial charge in [0.05, 0.1) is 0 Å². The number of piperazine rings is 1. The summed E-state index contributed by atoms with van der Waals surface area (Å²) in [5.74, 6) is 0.217. The number of amides is 1. The van der Waals surface area contributed by atoms with Gasteiger partial charge in [-0.25, -0.2) is 0 Å². The van der Waals surface area contributed by atoms with Crippen molar-refractivity contribution in [3.63, 3.8) is 0 Å². The molecule has 1 atom stereocenters. The van der Waals surface area contributed by atoms with Crippen molar-refractivity contribution in [2.45, 2.75) is 25.9 Å². The van der Waals surface area contributed by atoms with Crippen LogP contribution < -0.4 is 0 Å². The Balaban J connectivity index is 1.78. The Kier molecular flexibility index (Phi) is 5.76. The minimum Gasteiger partial charge on any atom is -0.349 e. The Hall–Kier alpha value is -1.39. The van der Waals surface area contributed by atoms with Crippen LogP contribution in [0.15, 0.2) is 30.3 Å². The van der Waals surface area contributed by atoms with Gasteiger partial charge < -0.3 is 4.90 Å². The molecule has 1 aliphatic rings. The van der Waals surface area contributed by atoms with E-state index in [9.17, 15) is 4.79 Å². The zero-order valence-corrected chi connectivity index (χ0v) is 13.5. The third-order valence-corrected chi connectivity index (χ3v) is 4.21. The van der Waals surface area contributed by atoms with E-state index in [1.165, 1.54) is 5.56 Å². The van der Waals surface area contributed by atoms with E-state index in [0.717, 1.165) is 32.7 Å². The molecule has 0 aromatic heterocycles. The zero-order valence-electron chi connectivity index (χ0n) is 13.5. The lowest BCUT2D eigenvalue weighted by Gasteiger charge is -2.40. The van der Waals surface area contributed by atoms with Gasteiger partial charge in [0.1, 0.15) is 0 Å². The first-order valence-corrected chi connectivity index (χ1v) is 7.76. The Morgan fingerprint density at radius 2 is 1.95 bits per heavy atom. The lowest BCUT2D eigenvalue weighted by molar-refractivity contribution is -0.129. The van der Waals surface area contributed by atoms with Crippen molar-refractivity contribution < 1.29 is 4.79 Å². The highest BCUT2D eigenvalue weighted by molar-refractivity contribution is 5.75. The van der Waals surface area contributed by atoms with Crippen LogP contribution in [-0.4, -0.2) is 66.9 Å². The number of hydrogen-bond donors (Lipinski definition) is 0. The van der Waals surface area contributed by atoms with Gasteiger partial charge in [0.15, 0.2) is 0 Å². The summed E-state index contributed by atoms with van der Waals surface area (Å²) in [7, 11) is 3.65. The molecule has 1 aromatic carbocycles. The number of nitrogens with zero attached hydrogens (tertiary/aromatic N) is 3. The SMILES string of the molecule is C[C@@H]1CN(Cc2ccccc2)CCN1CCC(=O)N(C)C. The summed E-state index contributed by atoms with van der Waals surface area (Å²) in [6.45, 7) is 7.36.